The van der Waals surface area contributed by atoms with Crippen molar-refractivity contribution in [3.63, 3.8) is 0 Å². The minimum Gasteiger partial charge on any atom is -0.337 e. The first-order valence-corrected chi connectivity index (χ1v) is 7.55. The summed E-state index contributed by atoms with van der Waals surface area (Å²) in [6.07, 6.45) is -3.10. The van der Waals surface area contributed by atoms with Crippen molar-refractivity contribution in [2.24, 2.45) is 0 Å². The number of hydrogen-bond acceptors (Lipinski definition) is 11. The zero-order valence-corrected chi connectivity index (χ0v) is 15.2. The van der Waals surface area contributed by atoms with Crippen LogP contribution >= 0.6 is 0 Å². The second kappa shape index (κ2) is 11.7. The zero-order chi connectivity index (χ0) is 20.3. The van der Waals surface area contributed by atoms with Gasteiger partial charge >= 0.3 is 0 Å². The van der Waals surface area contributed by atoms with Crippen LogP contribution < -0.4 is 0 Å². The molecule has 1 unspecified atom stereocenters. The van der Waals surface area contributed by atoms with Crippen LogP contribution in [0.2, 0.25) is 0 Å². The SMILES string of the molecule is [2H]CC(=O)C1(OCC=C)O[C@H](COOC)[C@H](OOC)[C@H](OOC)[C@H]1OOC. The number of rotatable bonds is 13. The Labute approximate surface area is 153 Å². The highest BCUT2D eigenvalue weighted by molar-refractivity contribution is 5.84. The molecule has 152 valence electrons. The molecule has 11 heteroatoms. The van der Waals surface area contributed by atoms with E-state index in [-0.39, 0.29) is 13.2 Å². The van der Waals surface area contributed by atoms with E-state index in [2.05, 4.69) is 11.5 Å². The third kappa shape index (κ3) is 5.27. The van der Waals surface area contributed by atoms with Crippen molar-refractivity contribution in [2.75, 3.05) is 41.7 Å². The molecule has 0 aliphatic carbocycles. The lowest BCUT2D eigenvalue weighted by molar-refractivity contribution is -0.484. The van der Waals surface area contributed by atoms with E-state index in [1.54, 1.807) is 0 Å². The van der Waals surface area contributed by atoms with Crippen molar-refractivity contribution in [3.8, 4) is 0 Å². The highest BCUT2D eigenvalue weighted by Gasteiger charge is 2.62. The van der Waals surface area contributed by atoms with Crippen LogP contribution in [0.15, 0.2) is 12.7 Å². The number of hydrogen-bond donors (Lipinski definition) is 0. The van der Waals surface area contributed by atoms with Crippen LogP contribution in [0, 0.1) is 0 Å². The van der Waals surface area contributed by atoms with Gasteiger partial charge in [-0.05, 0) is 0 Å². The predicted molar refractivity (Wildman–Crippen MR) is 83.0 cm³/mol. The van der Waals surface area contributed by atoms with Gasteiger partial charge in [0, 0.05) is 8.27 Å². The van der Waals surface area contributed by atoms with Gasteiger partial charge in [-0.2, -0.15) is 0 Å². The summed E-state index contributed by atoms with van der Waals surface area (Å²) in [7, 11) is 5.04. The van der Waals surface area contributed by atoms with Gasteiger partial charge in [0.15, 0.2) is 24.1 Å². The molecule has 1 fully saturated rings. The zero-order valence-electron chi connectivity index (χ0n) is 16.2. The molecule has 0 spiro atoms. The summed E-state index contributed by atoms with van der Waals surface area (Å²) in [5.74, 6) is -2.85. The Morgan fingerprint density at radius 1 is 1.12 bits per heavy atom. The first-order chi connectivity index (χ1) is 13.1. The van der Waals surface area contributed by atoms with Crippen molar-refractivity contribution in [3.05, 3.63) is 12.7 Å². The number of ether oxygens (including phenoxy) is 2. The summed E-state index contributed by atoms with van der Waals surface area (Å²) in [5.41, 5.74) is 0. The van der Waals surface area contributed by atoms with Crippen LogP contribution in [0.1, 0.15) is 8.27 Å². The largest absolute Gasteiger partial charge is 0.337 e. The van der Waals surface area contributed by atoms with Crippen molar-refractivity contribution in [2.45, 2.75) is 37.1 Å². The van der Waals surface area contributed by atoms with Gasteiger partial charge in [-0.25, -0.2) is 39.1 Å². The molecule has 1 rings (SSSR count). The molecule has 1 aliphatic heterocycles. The molecule has 0 aromatic heterocycles. The van der Waals surface area contributed by atoms with E-state index < -0.39 is 42.9 Å². The quantitative estimate of drug-likeness (QED) is 0.249. The average molecular weight is 383 g/mol. The van der Waals surface area contributed by atoms with E-state index in [1.807, 2.05) is 0 Å². The first-order valence-electron chi connectivity index (χ1n) is 8.26. The van der Waals surface area contributed by atoms with Gasteiger partial charge in [0.05, 0.1) is 35.0 Å². The van der Waals surface area contributed by atoms with E-state index in [1.165, 1.54) is 34.5 Å². The normalized spacial score (nSPS) is 32.2. The van der Waals surface area contributed by atoms with Gasteiger partial charge < -0.3 is 9.47 Å². The van der Waals surface area contributed by atoms with E-state index >= 15 is 0 Å². The molecule has 11 nitrogen and oxygen atoms in total. The Hall–Kier alpha value is -0.990. The van der Waals surface area contributed by atoms with Gasteiger partial charge in [-0.1, -0.05) is 6.08 Å². The second-order valence-corrected chi connectivity index (χ2v) is 4.94. The molecule has 1 heterocycles. The standard InChI is InChI=1S/C15H26O11/c1-7-8-21-15(10(2)16)14(26-20-6)13(25-19-5)12(24-18-4)11(23-15)9-22-17-3/h7,11-14H,1,8-9H2,2-6H3/t11-,12+,13+,14-,15?/m1/s1/i2D. The van der Waals surface area contributed by atoms with Gasteiger partial charge in [-0.3, -0.25) is 4.79 Å². The van der Waals surface area contributed by atoms with E-state index in [0.717, 1.165) is 0 Å². The molecular weight excluding hydrogens is 356 g/mol. The molecule has 1 saturated heterocycles. The Morgan fingerprint density at radius 3 is 2.31 bits per heavy atom. The number of carbonyl (C=O) groups is 1. The maximum atomic E-state index is 12.7. The molecule has 0 aromatic rings. The number of Topliss-reactive ketones (excluding diaryl/α,β-unsaturated/α-hetero) is 1. The topological polar surface area (TPSA) is 109 Å². The average Bonchev–Trinajstić information content (AvgIpc) is 2.68. The van der Waals surface area contributed by atoms with Gasteiger partial charge in [0.25, 0.3) is 5.79 Å². The first kappa shape index (κ1) is 21.3. The van der Waals surface area contributed by atoms with Crippen LogP contribution in [0.4, 0.5) is 0 Å². The fraction of sp³-hybridized carbons (Fsp3) is 0.800. The third-order valence-corrected chi connectivity index (χ3v) is 3.46. The van der Waals surface area contributed by atoms with Crippen LogP contribution in [0.3, 0.4) is 0 Å². The maximum Gasteiger partial charge on any atom is 0.262 e. The summed E-state index contributed by atoms with van der Waals surface area (Å²) in [4.78, 5) is 52.1. The van der Waals surface area contributed by atoms with Crippen molar-refractivity contribution < 1.29 is 54.7 Å². The smallest absolute Gasteiger partial charge is 0.262 e. The van der Waals surface area contributed by atoms with E-state index in [0.29, 0.717) is 0 Å². The summed E-state index contributed by atoms with van der Waals surface area (Å²) < 4.78 is 19.0. The third-order valence-electron chi connectivity index (χ3n) is 3.46. The lowest BCUT2D eigenvalue weighted by Gasteiger charge is -2.48. The Balaban J connectivity index is 3.41. The fourth-order valence-corrected chi connectivity index (χ4v) is 2.49. The van der Waals surface area contributed by atoms with Crippen LogP contribution in [0.5, 0.6) is 0 Å². The molecule has 5 atom stereocenters. The monoisotopic (exact) mass is 383 g/mol. The molecule has 0 aromatic carbocycles. The van der Waals surface area contributed by atoms with Crippen LogP contribution in [-0.2, 0) is 53.4 Å². The predicted octanol–water partition coefficient (Wildman–Crippen LogP) is 0.291. The summed E-state index contributed by atoms with van der Waals surface area (Å²) in [6.45, 7) is 2.58. The molecule has 0 bridgehead atoms. The van der Waals surface area contributed by atoms with Crippen molar-refractivity contribution in [1.29, 1.82) is 0 Å². The molecular formula is C15H26O11. The molecule has 26 heavy (non-hydrogen) atoms. The van der Waals surface area contributed by atoms with Crippen LogP contribution in [-0.4, -0.2) is 77.6 Å². The van der Waals surface area contributed by atoms with Crippen molar-refractivity contribution >= 4 is 5.78 Å². The Bertz CT molecular complexity index is 451. The van der Waals surface area contributed by atoms with Gasteiger partial charge in [0.1, 0.15) is 12.7 Å². The molecule has 0 amide bonds. The molecule has 0 radical (unpaired) electrons. The summed E-state index contributed by atoms with van der Waals surface area (Å²) in [5, 5.41) is 0. The Kier molecular flexibility index (Phi) is 9.56. The van der Waals surface area contributed by atoms with Crippen LogP contribution in [0.25, 0.3) is 0 Å². The van der Waals surface area contributed by atoms with E-state index in [9.17, 15) is 4.79 Å². The molecule has 0 N–H and O–H groups in total. The minimum absolute atomic E-state index is 0.0946. The van der Waals surface area contributed by atoms with Gasteiger partial charge in [0.2, 0.25) is 0 Å². The number of carbonyl (C=O) groups excluding carboxylic acids is 1. The molecule has 0 saturated carbocycles. The highest BCUT2D eigenvalue weighted by Crippen LogP contribution is 2.37. The fourth-order valence-electron chi connectivity index (χ4n) is 2.49. The maximum absolute atomic E-state index is 12.7. The Morgan fingerprint density at radius 2 is 1.77 bits per heavy atom. The second-order valence-electron chi connectivity index (χ2n) is 4.94. The summed E-state index contributed by atoms with van der Waals surface area (Å²) in [6, 6.07) is 0. The highest BCUT2D eigenvalue weighted by atomic mass is 17.2. The van der Waals surface area contributed by atoms with E-state index in [4.69, 9.17) is 45.1 Å². The van der Waals surface area contributed by atoms with Crippen molar-refractivity contribution in [1.82, 2.24) is 0 Å². The number of ketones is 1. The lowest BCUT2D eigenvalue weighted by Crippen LogP contribution is -2.70. The minimum atomic E-state index is -2.09. The summed E-state index contributed by atoms with van der Waals surface area (Å²) >= 11 is 0. The molecule has 1 aliphatic rings. The lowest BCUT2D eigenvalue weighted by atomic mass is 9.90. The van der Waals surface area contributed by atoms with Gasteiger partial charge in [-0.15, -0.1) is 6.58 Å².